The number of rotatable bonds is 10. The molecule has 0 spiro atoms. The van der Waals surface area contributed by atoms with Crippen LogP contribution in [0.4, 0.5) is 0 Å². The molecule has 0 amide bonds. The summed E-state index contributed by atoms with van der Waals surface area (Å²) in [6.07, 6.45) is -2.99. The minimum atomic E-state index is -0.675. The fraction of sp³-hybridized carbons (Fsp3) is 0.294. The molecular formula is C34H34O6. The Morgan fingerprint density at radius 2 is 1.00 bits per heavy atom. The molecule has 0 radical (unpaired) electrons. The fourth-order valence-electron chi connectivity index (χ4n) is 5.11. The monoisotopic (exact) mass is 538 g/mol. The van der Waals surface area contributed by atoms with E-state index in [9.17, 15) is 0 Å². The van der Waals surface area contributed by atoms with Crippen molar-refractivity contribution in [3.05, 3.63) is 144 Å². The Kier molecular flexibility index (Phi) is 8.95. The summed E-state index contributed by atoms with van der Waals surface area (Å²) in [5.74, 6) is 0. The lowest BCUT2D eigenvalue weighted by Crippen LogP contribution is -2.63. The van der Waals surface area contributed by atoms with Gasteiger partial charge < -0.3 is 28.4 Å². The smallest absolute Gasteiger partial charge is 0.187 e. The second-order valence-electron chi connectivity index (χ2n) is 10.0. The van der Waals surface area contributed by atoms with Gasteiger partial charge in [-0.05, 0) is 16.7 Å². The number of benzene rings is 4. The fourth-order valence-corrected chi connectivity index (χ4v) is 5.11. The van der Waals surface area contributed by atoms with E-state index in [1.807, 2.05) is 109 Å². The average molecular weight is 539 g/mol. The van der Waals surface area contributed by atoms with Crippen LogP contribution in [0.5, 0.6) is 0 Å². The minimum Gasteiger partial charge on any atom is -0.368 e. The number of fused-ring (bicyclic) bond motifs is 1. The highest BCUT2D eigenvalue weighted by molar-refractivity contribution is 5.18. The van der Waals surface area contributed by atoms with Crippen molar-refractivity contribution >= 4 is 0 Å². The van der Waals surface area contributed by atoms with Crippen molar-refractivity contribution in [2.45, 2.75) is 56.8 Å². The van der Waals surface area contributed by atoms with Crippen molar-refractivity contribution in [3.8, 4) is 0 Å². The molecule has 6 heteroatoms. The Morgan fingerprint density at radius 1 is 0.525 bits per heavy atom. The van der Waals surface area contributed by atoms with Gasteiger partial charge in [0.15, 0.2) is 12.6 Å². The lowest BCUT2D eigenvalue weighted by molar-refractivity contribution is -0.374. The van der Waals surface area contributed by atoms with Gasteiger partial charge in [-0.3, -0.25) is 0 Å². The highest BCUT2D eigenvalue weighted by atomic mass is 16.8. The molecule has 40 heavy (non-hydrogen) atoms. The van der Waals surface area contributed by atoms with Gasteiger partial charge in [-0.1, -0.05) is 121 Å². The molecule has 2 aliphatic heterocycles. The molecule has 2 heterocycles. The Bertz CT molecular complexity index is 1290. The first-order valence-electron chi connectivity index (χ1n) is 13.8. The van der Waals surface area contributed by atoms with Gasteiger partial charge in [0.05, 0.1) is 26.4 Å². The summed E-state index contributed by atoms with van der Waals surface area (Å²) < 4.78 is 38.8. The van der Waals surface area contributed by atoms with Gasteiger partial charge in [0.2, 0.25) is 0 Å². The van der Waals surface area contributed by atoms with E-state index in [-0.39, 0.29) is 6.10 Å². The zero-order chi connectivity index (χ0) is 27.0. The first-order valence-corrected chi connectivity index (χ1v) is 13.8. The second-order valence-corrected chi connectivity index (χ2v) is 10.0. The maximum atomic E-state index is 6.64. The van der Waals surface area contributed by atoms with Crippen LogP contribution in [-0.2, 0) is 48.2 Å². The molecule has 6 nitrogen and oxygen atoms in total. The lowest BCUT2D eigenvalue weighted by atomic mass is 9.97. The van der Waals surface area contributed by atoms with Gasteiger partial charge in [-0.2, -0.15) is 0 Å². The molecule has 2 aliphatic rings. The SMILES string of the molecule is c1ccc(CO[C@@H]2O[C@@H]3COC(c4ccccc4)O[C@H]3[C@H](OCc3ccccc3)[C@H]2OCc2ccccc2)cc1. The quantitative estimate of drug-likeness (QED) is 0.239. The lowest BCUT2D eigenvalue weighted by Gasteiger charge is -2.49. The average Bonchev–Trinajstić information content (AvgIpc) is 3.03. The van der Waals surface area contributed by atoms with Crippen LogP contribution in [0.25, 0.3) is 0 Å². The summed E-state index contributed by atoms with van der Waals surface area (Å²) in [7, 11) is 0. The van der Waals surface area contributed by atoms with Crippen molar-refractivity contribution in [1.29, 1.82) is 0 Å². The molecule has 0 saturated carbocycles. The Morgan fingerprint density at radius 3 is 1.55 bits per heavy atom. The molecule has 6 atom stereocenters. The van der Waals surface area contributed by atoms with E-state index in [2.05, 4.69) is 12.1 Å². The molecule has 0 bridgehead atoms. The molecule has 206 valence electrons. The molecule has 4 aromatic carbocycles. The molecule has 6 rings (SSSR count). The molecule has 2 saturated heterocycles. The molecular weight excluding hydrogens is 504 g/mol. The maximum absolute atomic E-state index is 6.64. The molecule has 1 unspecified atom stereocenters. The summed E-state index contributed by atoms with van der Waals surface area (Å²) in [6, 6.07) is 40.2. The third-order valence-electron chi connectivity index (χ3n) is 7.18. The van der Waals surface area contributed by atoms with Crippen molar-refractivity contribution in [3.63, 3.8) is 0 Å². The van der Waals surface area contributed by atoms with Crippen LogP contribution in [0.3, 0.4) is 0 Å². The first kappa shape index (κ1) is 26.8. The largest absolute Gasteiger partial charge is 0.368 e. The second kappa shape index (κ2) is 13.3. The van der Waals surface area contributed by atoms with E-state index < -0.39 is 30.9 Å². The highest BCUT2D eigenvalue weighted by Crippen LogP contribution is 2.37. The van der Waals surface area contributed by atoms with Gasteiger partial charge in [0, 0.05) is 5.56 Å². The van der Waals surface area contributed by atoms with Crippen LogP contribution in [0.15, 0.2) is 121 Å². The first-order chi connectivity index (χ1) is 19.8. The highest BCUT2D eigenvalue weighted by Gasteiger charge is 2.51. The molecule has 0 N–H and O–H groups in total. The number of hydrogen-bond donors (Lipinski definition) is 0. The third-order valence-corrected chi connectivity index (χ3v) is 7.18. The van der Waals surface area contributed by atoms with Gasteiger partial charge in [-0.25, -0.2) is 0 Å². The summed E-state index contributed by atoms with van der Waals surface area (Å²) >= 11 is 0. The standard InChI is InChI=1S/C34H34O6/c1-5-13-25(14-6-1)21-35-31-30-29(24-38-33(40-30)28-19-11-4-12-20-28)39-34(37-23-27-17-9-3-10-18-27)32(31)36-22-26-15-7-2-8-16-26/h1-20,29-34H,21-24H2/t29-,30-,31+,32-,33?,34-/m1/s1. The van der Waals surface area contributed by atoms with E-state index in [0.29, 0.717) is 26.4 Å². The summed E-state index contributed by atoms with van der Waals surface area (Å²) in [5.41, 5.74) is 4.13. The molecule has 0 aliphatic carbocycles. The van der Waals surface area contributed by atoms with Crippen molar-refractivity contribution in [1.82, 2.24) is 0 Å². The Labute approximate surface area is 235 Å². The Balaban J connectivity index is 1.27. The van der Waals surface area contributed by atoms with E-state index in [1.54, 1.807) is 0 Å². The molecule has 2 fully saturated rings. The van der Waals surface area contributed by atoms with Crippen LogP contribution in [0, 0.1) is 0 Å². The van der Waals surface area contributed by atoms with Crippen LogP contribution in [0.2, 0.25) is 0 Å². The van der Waals surface area contributed by atoms with E-state index in [4.69, 9.17) is 28.4 Å². The van der Waals surface area contributed by atoms with E-state index in [0.717, 1.165) is 22.3 Å². The van der Waals surface area contributed by atoms with Crippen LogP contribution in [0.1, 0.15) is 28.5 Å². The number of ether oxygens (including phenoxy) is 6. The summed E-state index contributed by atoms with van der Waals surface area (Å²) in [4.78, 5) is 0. The Hall–Kier alpha value is -3.36. The van der Waals surface area contributed by atoms with Crippen molar-refractivity contribution in [2.24, 2.45) is 0 Å². The van der Waals surface area contributed by atoms with Crippen LogP contribution < -0.4 is 0 Å². The third kappa shape index (κ3) is 6.67. The van der Waals surface area contributed by atoms with Crippen molar-refractivity contribution < 1.29 is 28.4 Å². The van der Waals surface area contributed by atoms with E-state index in [1.165, 1.54) is 0 Å². The predicted octanol–water partition coefficient (Wildman–Crippen LogP) is 6.21. The summed E-state index contributed by atoms with van der Waals surface area (Å²) in [5, 5.41) is 0. The van der Waals surface area contributed by atoms with E-state index >= 15 is 0 Å². The van der Waals surface area contributed by atoms with Gasteiger partial charge in [0.25, 0.3) is 0 Å². The molecule has 4 aromatic rings. The normalized spacial score (nSPS) is 26.2. The zero-order valence-corrected chi connectivity index (χ0v) is 22.3. The topological polar surface area (TPSA) is 55.4 Å². The van der Waals surface area contributed by atoms with Crippen LogP contribution >= 0.6 is 0 Å². The van der Waals surface area contributed by atoms with Gasteiger partial charge >= 0.3 is 0 Å². The number of hydrogen-bond acceptors (Lipinski definition) is 6. The summed E-state index contributed by atoms with van der Waals surface area (Å²) in [6.45, 7) is 1.53. The van der Waals surface area contributed by atoms with Crippen molar-refractivity contribution in [2.75, 3.05) is 6.61 Å². The van der Waals surface area contributed by atoms with Crippen LogP contribution in [-0.4, -0.2) is 37.3 Å². The zero-order valence-electron chi connectivity index (χ0n) is 22.3. The molecule has 0 aromatic heterocycles. The maximum Gasteiger partial charge on any atom is 0.187 e. The van der Waals surface area contributed by atoms with Gasteiger partial charge in [-0.15, -0.1) is 0 Å². The predicted molar refractivity (Wildman–Crippen MR) is 150 cm³/mol. The van der Waals surface area contributed by atoms with Gasteiger partial charge in [0.1, 0.15) is 24.4 Å². The minimum absolute atomic E-state index is 0.353.